The largest absolute Gasteiger partial charge is 0.506 e. The van der Waals surface area contributed by atoms with Crippen LogP contribution < -0.4 is 0 Å². The average Bonchev–Trinajstić information content (AvgIpc) is 2.30. The molecule has 4 heteroatoms. The number of rotatable bonds is 2. The fraction of sp³-hybridized carbons (Fsp3) is 0.385. The van der Waals surface area contributed by atoms with Crippen LogP contribution in [0.4, 0.5) is 0 Å². The van der Waals surface area contributed by atoms with Gasteiger partial charge in [0.05, 0.1) is 11.1 Å². The summed E-state index contributed by atoms with van der Waals surface area (Å²) in [6.07, 6.45) is 0. The number of phenolic OH excluding ortho intramolecular Hbond substituents is 1. The molecule has 0 aliphatic heterocycles. The van der Waals surface area contributed by atoms with E-state index in [0.717, 1.165) is 0 Å². The van der Waals surface area contributed by atoms with Gasteiger partial charge in [-0.05, 0) is 19.1 Å². The molecule has 1 rings (SSSR count). The summed E-state index contributed by atoms with van der Waals surface area (Å²) in [4.78, 5) is 24.1. The van der Waals surface area contributed by atoms with Gasteiger partial charge in [-0.15, -0.1) is 0 Å². The molecule has 4 nitrogen and oxygen atoms in total. The predicted molar refractivity (Wildman–Crippen MR) is 67.5 cm³/mol. The Balaban J connectivity index is 0.00000121. The van der Waals surface area contributed by atoms with E-state index in [-0.39, 0.29) is 28.6 Å². The first-order valence-electron chi connectivity index (χ1n) is 5.49. The van der Waals surface area contributed by atoms with Crippen LogP contribution in [0.1, 0.15) is 41.5 Å². The monoisotopic (exact) mass is 237 g/mol. The molecule has 0 aromatic heterocycles. The standard InChI is InChI=1S/C11H13NO3.C2H6/c1-7(13)8-5-4-6-9(10(8)14)11(15)12(2)3;1-2/h4-6,14H,1-3H3;1-2H3. The lowest BCUT2D eigenvalue weighted by Gasteiger charge is -2.12. The van der Waals surface area contributed by atoms with Gasteiger partial charge < -0.3 is 10.0 Å². The van der Waals surface area contributed by atoms with Crippen molar-refractivity contribution in [3.8, 4) is 5.75 Å². The minimum Gasteiger partial charge on any atom is -0.506 e. The summed E-state index contributed by atoms with van der Waals surface area (Å²) in [5.41, 5.74) is 0.315. The molecule has 1 aromatic rings. The van der Waals surface area contributed by atoms with Crippen molar-refractivity contribution in [1.82, 2.24) is 4.90 Å². The Morgan fingerprint density at radius 2 is 1.59 bits per heavy atom. The number of carbonyl (C=O) groups is 2. The van der Waals surface area contributed by atoms with E-state index in [1.54, 1.807) is 20.2 Å². The topological polar surface area (TPSA) is 57.6 Å². The summed E-state index contributed by atoms with van der Waals surface area (Å²) in [5, 5.41) is 9.71. The van der Waals surface area contributed by atoms with Gasteiger partial charge in [-0.2, -0.15) is 0 Å². The van der Waals surface area contributed by atoms with E-state index in [9.17, 15) is 14.7 Å². The molecule has 1 N–H and O–H groups in total. The molecule has 94 valence electrons. The second-order valence-electron chi connectivity index (χ2n) is 3.46. The lowest BCUT2D eigenvalue weighted by molar-refractivity contribution is 0.0824. The van der Waals surface area contributed by atoms with Crippen LogP contribution in [0.5, 0.6) is 5.75 Å². The molecule has 17 heavy (non-hydrogen) atoms. The zero-order chi connectivity index (χ0) is 13.6. The first-order valence-corrected chi connectivity index (χ1v) is 5.49. The zero-order valence-electron chi connectivity index (χ0n) is 10.9. The Hall–Kier alpha value is -1.84. The van der Waals surface area contributed by atoms with E-state index in [1.165, 1.54) is 24.0 Å². The molecule has 0 spiro atoms. The van der Waals surface area contributed by atoms with Crippen LogP contribution in [0.2, 0.25) is 0 Å². The van der Waals surface area contributed by atoms with Crippen LogP contribution >= 0.6 is 0 Å². The quantitative estimate of drug-likeness (QED) is 0.803. The smallest absolute Gasteiger partial charge is 0.257 e. The lowest BCUT2D eigenvalue weighted by Crippen LogP contribution is -2.22. The number of aromatic hydroxyl groups is 1. The van der Waals surface area contributed by atoms with Gasteiger partial charge in [-0.25, -0.2) is 0 Å². The van der Waals surface area contributed by atoms with Crippen LogP contribution in [-0.4, -0.2) is 35.8 Å². The van der Waals surface area contributed by atoms with Crippen molar-refractivity contribution in [2.24, 2.45) is 0 Å². The van der Waals surface area contributed by atoms with Gasteiger partial charge in [0, 0.05) is 14.1 Å². The molecule has 0 saturated carbocycles. The van der Waals surface area contributed by atoms with Crippen molar-refractivity contribution < 1.29 is 14.7 Å². The van der Waals surface area contributed by atoms with Gasteiger partial charge in [0.2, 0.25) is 0 Å². The van der Waals surface area contributed by atoms with Crippen molar-refractivity contribution in [2.45, 2.75) is 20.8 Å². The van der Waals surface area contributed by atoms with Crippen molar-refractivity contribution in [3.63, 3.8) is 0 Å². The molecule has 1 amide bonds. The number of amides is 1. The molecule has 0 bridgehead atoms. The van der Waals surface area contributed by atoms with Crippen LogP contribution in [0.25, 0.3) is 0 Å². The maximum absolute atomic E-state index is 11.6. The summed E-state index contributed by atoms with van der Waals surface area (Å²) in [5.74, 6) is -0.833. The molecule has 0 unspecified atom stereocenters. The molecule has 0 fully saturated rings. The van der Waals surface area contributed by atoms with Crippen molar-refractivity contribution >= 4 is 11.7 Å². The summed E-state index contributed by atoms with van der Waals surface area (Å²) in [6.45, 7) is 5.35. The van der Waals surface area contributed by atoms with Crippen molar-refractivity contribution in [3.05, 3.63) is 29.3 Å². The number of benzene rings is 1. The number of hydrogen-bond donors (Lipinski definition) is 1. The molecule has 1 aromatic carbocycles. The number of Topliss-reactive ketones (excluding diaryl/α,β-unsaturated/α-hetero) is 1. The predicted octanol–water partition coefficient (Wildman–Crippen LogP) is 2.32. The minimum atomic E-state index is -0.324. The molecule has 0 heterocycles. The van der Waals surface area contributed by atoms with Crippen LogP contribution in [0.15, 0.2) is 18.2 Å². The highest BCUT2D eigenvalue weighted by molar-refractivity contribution is 6.03. The summed E-state index contributed by atoms with van der Waals surface area (Å²) in [6, 6.07) is 4.56. The first kappa shape index (κ1) is 15.2. The minimum absolute atomic E-state index is 0.146. The maximum atomic E-state index is 11.6. The highest BCUT2D eigenvalue weighted by Gasteiger charge is 2.17. The molecule has 0 saturated heterocycles. The third kappa shape index (κ3) is 3.59. The van der Waals surface area contributed by atoms with Crippen LogP contribution in [0, 0.1) is 0 Å². The molecule has 0 aliphatic carbocycles. The van der Waals surface area contributed by atoms with E-state index < -0.39 is 0 Å². The molecule has 0 aliphatic rings. The number of hydrogen-bond acceptors (Lipinski definition) is 3. The van der Waals surface area contributed by atoms with Crippen molar-refractivity contribution in [1.29, 1.82) is 0 Å². The number of ketones is 1. The molecule has 0 radical (unpaired) electrons. The normalized spacial score (nSPS) is 9.00. The molecular formula is C13H19NO3. The number of nitrogens with zero attached hydrogens (tertiary/aromatic N) is 1. The van der Waals surface area contributed by atoms with E-state index in [0.29, 0.717) is 0 Å². The van der Waals surface area contributed by atoms with Gasteiger partial charge in [0.15, 0.2) is 5.78 Å². The average molecular weight is 237 g/mol. The molecule has 0 atom stereocenters. The van der Waals surface area contributed by atoms with Gasteiger partial charge >= 0.3 is 0 Å². The second kappa shape index (κ2) is 6.68. The lowest BCUT2D eigenvalue weighted by atomic mass is 10.1. The van der Waals surface area contributed by atoms with Crippen LogP contribution in [-0.2, 0) is 0 Å². The fourth-order valence-electron chi connectivity index (χ4n) is 1.24. The van der Waals surface area contributed by atoms with Gasteiger partial charge in [0.25, 0.3) is 5.91 Å². The van der Waals surface area contributed by atoms with E-state index in [2.05, 4.69) is 0 Å². The Kier molecular flexibility index (Phi) is 5.96. The Bertz CT molecular complexity index is 411. The Morgan fingerprint density at radius 1 is 1.12 bits per heavy atom. The van der Waals surface area contributed by atoms with Crippen LogP contribution in [0.3, 0.4) is 0 Å². The second-order valence-corrected chi connectivity index (χ2v) is 3.46. The van der Waals surface area contributed by atoms with E-state index in [1.807, 2.05) is 13.8 Å². The fourth-order valence-corrected chi connectivity index (χ4v) is 1.24. The Morgan fingerprint density at radius 3 is 2.00 bits per heavy atom. The number of carbonyl (C=O) groups excluding carboxylic acids is 2. The molecular weight excluding hydrogens is 218 g/mol. The third-order valence-electron chi connectivity index (χ3n) is 2.05. The first-order chi connectivity index (χ1) is 7.95. The summed E-state index contributed by atoms with van der Waals surface area (Å²) in [7, 11) is 3.17. The zero-order valence-corrected chi connectivity index (χ0v) is 10.9. The number of para-hydroxylation sites is 1. The Labute approximate surface area is 102 Å². The third-order valence-corrected chi connectivity index (χ3v) is 2.05. The SMILES string of the molecule is CC.CC(=O)c1cccc(C(=O)N(C)C)c1O. The number of phenols is 1. The highest BCUT2D eigenvalue weighted by Crippen LogP contribution is 2.23. The van der Waals surface area contributed by atoms with Gasteiger partial charge in [0.1, 0.15) is 5.75 Å². The van der Waals surface area contributed by atoms with Gasteiger partial charge in [-0.3, -0.25) is 9.59 Å². The van der Waals surface area contributed by atoms with E-state index in [4.69, 9.17) is 0 Å². The van der Waals surface area contributed by atoms with Gasteiger partial charge in [-0.1, -0.05) is 19.9 Å². The summed E-state index contributed by atoms with van der Waals surface area (Å²) >= 11 is 0. The van der Waals surface area contributed by atoms with Crippen molar-refractivity contribution in [2.75, 3.05) is 14.1 Å². The maximum Gasteiger partial charge on any atom is 0.257 e. The highest BCUT2D eigenvalue weighted by atomic mass is 16.3. The van der Waals surface area contributed by atoms with E-state index >= 15 is 0 Å². The summed E-state index contributed by atoms with van der Waals surface area (Å²) < 4.78 is 0.